The van der Waals surface area contributed by atoms with Gasteiger partial charge in [-0.05, 0) is 102 Å². The minimum atomic E-state index is 1.08. The number of hydrogen-bond acceptors (Lipinski definition) is 0. The van der Waals surface area contributed by atoms with Crippen molar-refractivity contribution in [3.05, 3.63) is 119 Å². The molecule has 0 aliphatic heterocycles. The highest BCUT2D eigenvalue weighted by atomic mass is 15.0. The molecular weight excluding hydrogens is 422 g/mol. The van der Waals surface area contributed by atoms with E-state index < -0.39 is 0 Å². The predicted molar refractivity (Wildman–Crippen MR) is 149 cm³/mol. The Balaban J connectivity index is 1.63. The Labute approximate surface area is 207 Å². The van der Waals surface area contributed by atoms with Gasteiger partial charge in [-0.15, -0.1) is 0 Å². The van der Waals surface area contributed by atoms with Gasteiger partial charge in [0.15, 0.2) is 0 Å². The van der Waals surface area contributed by atoms with Crippen LogP contribution in [0.5, 0.6) is 0 Å². The third-order valence-electron chi connectivity index (χ3n) is 8.05. The van der Waals surface area contributed by atoms with E-state index in [1.165, 1.54) is 60.9 Å². The third kappa shape index (κ3) is 3.08. The maximum absolute atomic E-state index is 2.57. The minimum Gasteiger partial charge on any atom is -0.313 e. The van der Waals surface area contributed by atoms with Crippen LogP contribution in [0, 0.1) is 13.8 Å². The van der Waals surface area contributed by atoms with Crippen molar-refractivity contribution in [3.63, 3.8) is 0 Å². The van der Waals surface area contributed by atoms with Gasteiger partial charge in [0.1, 0.15) is 0 Å². The predicted octanol–water partition coefficient (Wildman–Crippen LogP) is 9.12. The van der Waals surface area contributed by atoms with Gasteiger partial charge < -0.3 is 4.57 Å². The maximum atomic E-state index is 2.57. The first-order valence-electron chi connectivity index (χ1n) is 12.8. The smallest absolute Gasteiger partial charge is 0.0544 e. The highest BCUT2D eigenvalue weighted by molar-refractivity contribution is 6.08. The van der Waals surface area contributed by atoms with Gasteiger partial charge in [0.2, 0.25) is 0 Å². The lowest BCUT2D eigenvalue weighted by Gasteiger charge is -2.24. The van der Waals surface area contributed by atoms with E-state index >= 15 is 0 Å². The summed E-state index contributed by atoms with van der Waals surface area (Å²) in [6.45, 7) is 4.52. The molecule has 0 radical (unpaired) electrons. The van der Waals surface area contributed by atoms with Crippen molar-refractivity contribution in [1.29, 1.82) is 0 Å². The average molecular weight is 452 g/mol. The normalized spacial score (nSPS) is 15.0. The van der Waals surface area contributed by atoms with Gasteiger partial charge in [-0.2, -0.15) is 0 Å². The Morgan fingerprint density at radius 1 is 0.686 bits per heavy atom. The van der Waals surface area contributed by atoms with Crippen LogP contribution in [-0.4, -0.2) is 4.57 Å². The summed E-state index contributed by atoms with van der Waals surface area (Å²) >= 11 is 0. The second-order valence-electron chi connectivity index (χ2n) is 10.1. The molecule has 0 atom stereocenters. The molecule has 7 rings (SSSR count). The number of fused-ring (bicyclic) bond motifs is 5. The Morgan fingerprint density at radius 3 is 2.40 bits per heavy atom. The molecule has 1 nitrogen and oxygen atoms in total. The Morgan fingerprint density at radius 2 is 1.51 bits per heavy atom. The van der Waals surface area contributed by atoms with Crippen LogP contribution >= 0.6 is 0 Å². The molecule has 0 unspecified atom stereocenters. The van der Waals surface area contributed by atoms with Crippen molar-refractivity contribution in [1.82, 2.24) is 4.57 Å². The van der Waals surface area contributed by atoms with E-state index in [4.69, 9.17) is 0 Å². The number of benzene rings is 4. The molecule has 35 heavy (non-hydrogen) atoms. The molecule has 0 fully saturated rings. The van der Waals surface area contributed by atoms with E-state index in [1.54, 1.807) is 11.1 Å². The number of rotatable bonds is 2. The van der Waals surface area contributed by atoms with Crippen LogP contribution in [0.25, 0.3) is 44.1 Å². The molecule has 1 heterocycles. The van der Waals surface area contributed by atoms with Crippen LogP contribution < -0.4 is 0 Å². The van der Waals surface area contributed by atoms with Crippen LogP contribution in [0.2, 0.25) is 0 Å². The fourth-order valence-corrected chi connectivity index (χ4v) is 6.40. The molecule has 1 aromatic heterocycles. The van der Waals surface area contributed by atoms with Crippen LogP contribution in [-0.2, 0) is 6.42 Å². The minimum absolute atomic E-state index is 1.08. The lowest BCUT2D eigenvalue weighted by molar-refractivity contribution is 0.842. The fourth-order valence-electron chi connectivity index (χ4n) is 6.40. The van der Waals surface area contributed by atoms with E-state index in [1.807, 2.05) is 0 Å². The van der Waals surface area contributed by atoms with Crippen molar-refractivity contribution in [2.24, 2.45) is 0 Å². The molecule has 0 amide bonds. The zero-order valence-corrected chi connectivity index (χ0v) is 20.4. The van der Waals surface area contributed by atoms with Gasteiger partial charge in [0.25, 0.3) is 0 Å². The first-order valence-corrected chi connectivity index (χ1v) is 12.8. The Kier molecular flexibility index (Phi) is 4.60. The lowest BCUT2D eigenvalue weighted by atomic mass is 9.81. The summed E-state index contributed by atoms with van der Waals surface area (Å²) < 4.78 is 2.57. The topological polar surface area (TPSA) is 4.93 Å². The largest absolute Gasteiger partial charge is 0.313 e. The van der Waals surface area contributed by atoms with Crippen LogP contribution in [0.3, 0.4) is 0 Å². The van der Waals surface area contributed by atoms with E-state index in [-0.39, 0.29) is 0 Å². The molecule has 170 valence electrons. The lowest BCUT2D eigenvalue weighted by Crippen LogP contribution is -2.09. The van der Waals surface area contributed by atoms with Gasteiger partial charge in [0.05, 0.1) is 5.52 Å². The van der Waals surface area contributed by atoms with Crippen molar-refractivity contribution in [2.45, 2.75) is 39.5 Å². The molecular formula is C34H29N. The Bertz CT molecular complexity index is 1710. The summed E-state index contributed by atoms with van der Waals surface area (Å²) in [5, 5.41) is 4.02. The van der Waals surface area contributed by atoms with Crippen molar-refractivity contribution in [3.8, 4) is 16.8 Å². The van der Waals surface area contributed by atoms with Gasteiger partial charge in [-0.3, -0.25) is 0 Å². The maximum Gasteiger partial charge on any atom is 0.0544 e. The quantitative estimate of drug-likeness (QED) is 0.252. The summed E-state index contributed by atoms with van der Waals surface area (Å²) in [5.74, 6) is 0. The zero-order valence-electron chi connectivity index (χ0n) is 20.4. The van der Waals surface area contributed by atoms with Gasteiger partial charge in [0, 0.05) is 22.3 Å². The van der Waals surface area contributed by atoms with E-state index in [0.29, 0.717) is 0 Å². The van der Waals surface area contributed by atoms with Gasteiger partial charge in [-0.25, -0.2) is 0 Å². The van der Waals surface area contributed by atoms with Crippen LogP contribution in [0.1, 0.15) is 41.6 Å². The summed E-state index contributed by atoms with van der Waals surface area (Å²) in [4.78, 5) is 0. The van der Waals surface area contributed by atoms with E-state index in [2.05, 4.69) is 109 Å². The zero-order chi connectivity index (χ0) is 23.5. The monoisotopic (exact) mass is 451 g/mol. The SMILES string of the molecule is Cc1ccccc1-c1c(C)ccc2c1c1c(n2-c2ccc3ccccc3c2)CCC2=C1CCC=C2. The summed E-state index contributed by atoms with van der Waals surface area (Å²) in [5.41, 5.74) is 14.1. The van der Waals surface area contributed by atoms with E-state index in [9.17, 15) is 0 Å². The highest BCUT2D eigenvalue weighted by Crippen LogP contribution is 2.48. The van der Waals surface area contributed by atoms with Gasteiger partial charge >= 0.3 is 0 Å². The van der Waals surface area contributed by atoms with E-state index in [0.717, 1.165) is 25.7 Å². The van der Waals surface area contributed by atoms with Gasteiger partial charge in [-0.1, -0.05) is 72.8 Å². The molecule has 5 aromatic rings. The third-order valence-corrected chi connectivity index (χ3v) is 8.05. The molecule has 0 spiro atoms. The molecule has 0 saturated heterocycles. The van der Waals surface area contributed by atoms with Crippen molar-refractivity contribution < 1.29 is 0 Å². The summed E-state index contributed by atoms with van der Waals surface area (Å²) in [7, 11) is 0. The highest BCUT2D eigenvalue weighted by Gasteiger charge is 2.29. The molecule has 0 bridgehead atoms. The number of aryl methyl sites for hydroxylation is 2. The molecule has 1 heteroatoms. The standard InChI is InChI=1S/C34H29N/c1-22-9-3-7-13-28(22)32-23(2)15-19-31-34(32)33-29-14-8-6-11-25(29)17-20-30(33)35(31)27-18-16-24-10-4-5-12-26(24)21-27/h3-7,9-13,15-16,18-19,21H,8,14,17,20H2,1-2H3. The second-order valence-corrected chi connectivity index (χ2v) is 10.1. The second kappa shape index (κ2) is 7.85. The first kappa shape index (κ1) is 20.5. The van der Waals surface area contributed by atoms with Crippen molar-refractivity contribution >= 4 is 27.2 Å². The summed E-state index contributed by atoms with van der Waals surface area (Å²) in [6, 6.07) is 29.2. The van der Waals surface area contributed by atoms with Crippen LogP contribution in [0.15, 0.2) is 96.6 Å². The molecule has 2 aliphatic rings. The number of allylic oxidation sites excluding steroid dienone is 4. The fraction of sp³-hybridized carbons (Fsp3) is 0.176. The summed E-state index contributed by atoms with van der Waals surface area (Å²) in [6.07, 6.45) is 9.22. The Hall–Kier alpha value is -3.84. The number of hydrogen-bond donors (Lipinski definition) is 0. The number of nitrogens with zero attached hydrogens (tertiary/aromatic N) is 1. The molecule has 0 N–H and O–H groups in total. The van der Waals surface area contributed by atoms with Crippen LogP contribution in [0.4, 0.5) is 0 Å². The number of aromatic nitrogens is 1. The molecule has 4 aromatic carbocycles. The van der Waals surface area contributed by atoms with Crippen molar-refractivity contribution in [2.75, 3.05) is 0 Å². The first-order chi connectivity index (χ1) is 17.2. The molecule has 2 aliphatic carbocycles. The average Bonchev–Trinajstić information content (AvgIpc) is 3.24. The molecule has 0 saturated carbocycles.